The number of nitrogens with two attached hydrogens (primary N) is 1. The zero-order chi connectivity index (χ0) is 18.8. The maximum Gasteiger partial charge on any atom is 0.274 e. The van der Waals surface area contributed by atoms with Crippen molar-refractivity contribution < 1.29 is 9.53 Å². The van der Waals surface area contributed by atoms with Crippen LogP contribution in [0.3, 0.4) is 0 Å². The second-order valence-electron chi connectivity index (χ2n) is 7.23. The summed E-state index contributed by atoms with van der Waals surface area (Å²) in [5, 5.41) is 6.46. The molecule has 0 bridgehead atoms. The number of thiazole rings is 1. The van der Waals surface area contributed by atoms with Crippen molar-refractivity contribution in [3.05, 3.63) is 29.0 Å². The Morgan fingerprint density at radius 3 is 2.81 bits per heavy atom. The Kier molecular flexibility index (Phi) is 5.42. The van der Waals surface area contributed by atoms with Gasteiger partial charge in [0.05, 0.1) is 24.9 Å². The van der Waals surface area contributed by atoms with Crippen LogP contribution in [0.4, 0.5) is 5.13 Å². The topological polar surface area (TPSA) is 89.5 Å². The van der Waals surface area contributed by atoms with Crippen molar-refractivity contribution in [2.24, 2.45) is 7.05 Å². The molecule has 2 saturated heterocycles. The number of anilines is 1. The van der Waals surface area contributed by atoms with Gasteiger partial charge >= 0.3 is 0 Å². The molecule has 9 heteroatoms. The first-order valence-corrected chi connectivity index (χ1v) is 10.3. The molecule has 2 aromatic heterocycles. The quantitative estimate of drug-likeness (QED) is 0.852. The summed E-state index contributed by atoms with van der Waals surface area (Å²) < 4.78 is 7.93. The minimum Gasteiger partial charge on any atom is -0.375 e. The molecule has 2 N–H and O–H groups in total. The van der Waals surface area contributed by atoms with Crippen LogP contribution in [0, 0.1) is 0 Å². The van der Waals surface area contributed by atoms with E-state index in [1.165, 1.54) is 30.6 Å². The van der Waals surface area contributed by atoms with Gasteiger partial charge in [-0.3, -0.25) is 9.48 Å². The molecule has 1 amide bonds. The molecule has 2 fully saturated rings. The minimum atomic E-state index is -0.176. The van der Waals surface area contributed by atoms with Gasteiger partial charge in [-0.15, -0.1) is 11.3 Å². The first kappa shape index (κ1) is 18.4. The highest BCUT2D eigenvalue weighted by molar-refractivity contribution is 7.13. The van der Waals surface area contributed by atoms with Crippen LogP contribution in [0.25, 0.3) is 0 Å². The predicted molar refractivity (Wildman–Crippen MR) is 104 cm³/mol. The number of carbonyl (C=O) groups is 1. The number of hydrogen-bond acceptors (Lipinski definition) is 7. The van der Waals surface area contributed by atoms with E-state index in [2.05, 4.69) is 15.0 Å². The fraction of sp³-hybridized carbons (Fsp3) is 0.611. The molecule has 27 heavy (non-hydrogen) atoms. The summed E-state index contributed by atoms with van der Waals surface area (Å²) in [6.07, 6.45) is 7.47. The monoisotopic (exact) mass is 390 g/mol. The van der Waals surface area contributed by atoms with Gasteiger partial charge in [-0.25, -0.2) is 4.98 Å². The lowest BCUT2D eigenvalue weighted by molar-refractivity contribution is -0.0742. The Labute approximate surface area is 162 Å². The van der Waals surface area contributed by atoms with E-state index >= 15 is 0 Å². The summed E-state index contributed by atoms with van der Waals surface area (Å²) in [5.41, 5.74) is 7.14. The number of morpholine rings is 1. The average molecular weight is 391 g/mol. The summed E-state index contributed by atoms with van der Waals surface area (Å²) in [6.45, 7) is 4.07. The van der Waals surface area contributed by atoms with E-state index in [1.54, 1.807) is 10.1 Å². The normalized spacial score (nSPS) is 24.3. The van der Waals surface area contributed by atoms with Crippen molar-refractivity contribution in [1.29, 1.82) is 0 Å². The van der Waals surface area contributed by atoms with Gasteiger partial charge in [0.15, 0.2) is 5.13 Å². The molecule has 146 valence electrons. The number of amides is 1. The molecule has 2 aliphatic rings. The highest BCUT2D eigenvalue weighted by Crippen LogP contribution is 2.32. The van der Waals surface area contributed by atoms with Gasteiger partial charge in [-0.2, -0.15) is 5.10 Å². The van der Waals surface area contributed by atoms with E-state index in [4.69, 9.17) is 10.5 Å². The van der Waals surface area contributed by atoms with Crippen LogP contribution in [0.5, 0.6) is 0 Å². The number of aromatic nitrogens is 3. The number of rotatable bonds is 4. The van der Waals surface area contributed by atoms with Crippen LogP contribution in [-0.4, -0.2) is 69.4 Å². The summed E-state index contributed by atoms with van der Waals surface area (Å²) in [7, 11) is 1.89. The van der Waals surface area contributed by atoms with E-state index < -0.39 is 0 Å². The first-order valence-electron chi connectivity index (χ1n) is 9.46. The van der Waals surface area contributed by atoms with Crippen molar-refractivity contribution in [1.82, 2.24) is 24.6 Å². The highest BCUT2D eigenvalue weighted by atomic mass is 32.1. The molecule has 0 radical (unpaired) electrons. The largest absolute Gasteiger partial charge is 0.375 e. The maximum atomic E-state index is 13.2. The molecule has 2 aromatic rings. The highest BCUT2D eigenvalue weighted by Gasteiger charge is 2.39. The molecule has 4 rings (SSSR count). The standard InChI is InChI=1S/C18H26N6O2S/c1-22-10-13(9-20-22)16-15(11-23-5-3-2-4-6-23)26-8-7-24(16)17(25)14-12-27-18(19)21-14/h9-10,12,15-16H,2-8,11H2,1H3,(H2,19,21)/t15-,16-/m0/s1. The van der Waals surface area contributed by atoms with Gasteiger partial charge in [0.25, 0.3) is 5.91 Å². The van der Waals surface area contributed by atoms with Crippen LogP contribution in [0.1, 0.15) is 41.4 Å². The third-order valence-corrected chi connectivity index (χ3v) is 5.98. The lowest BCUT2D eigenvalue weighted by atomic mass is 9.99. The maximum absolute atomic E-state index is 13.2. The number of piperidine rings is 1. The lowest BCUT2D eigenvalue weighted by Crippen LogP contribution is -2.52. The van der Waals surface area contributed by atoms with E-state index in [1.807, 2.05) is 24.3 Å². The number of hydrogen-bond donors (Lipinski definition) is 1. The molecule has 2 atom stereocenters. The fourth-order valence-corrected chi connectivity index (χ4v) is 4.57. The van der Waals surface area contributed by atoms with Crippen molar-refractivity contribution in [2.45, 2.75) is 31.4 Å². The Morgan fingerprint density at radius 2 is 2.15 bits per heavy atom. The number of nitrogen functional groups attached to an aromatic ring is 1. The van der Waals surface area contributed by atoms with Gasteiger partial charge in [-0.1, -0.05) is 6.42 Å². The van der Waals surface area contributed by atoms with Crippen molar-refractivity contribution in [2.75, 3.05) is 38.5 Å². The van der Waals surface area contributed by atoms with Crippen LogP contribution in [0.2, 0.25) is 0 Å². The van der Waals surface area contributed by atoms with E-state index in [0.717, 1.165) is 25.2 Å². The van der Waals surface area contributed by atoms with Gasteiger partial charge in [-0.05, 0) is 25.9 Å². The second kappa shape index (κ2) is 7.95. The Balaban J connectivity index is 1.61. The van der Waals surface area contributed by atoms with Crippen LogP contribution in [0.15, 0.2) is 17.8 Å². The van der Waals surface area contributed by atoms with E-state index in [-0.39, 0.29) is 18.1 Å². The molecule has 0 unspecified atom stereocenters. The number of nitrogens with zero attached hydrogens (tertiary/aromatic N) is 5. The van der Waals surface area contributed by atoms with Crippen LogP contribution in [-0.2, 0) is 11.8 Å². The molecular weight excluding hydrogens is 364 g/mol. The first-order chi connectivity index (χ1) is 13.1. The third kappa shape index (κ3) is 3.99. The Bertz CT molecular complexity index is 784. The molecule has 0 saturated carbocycles. The zero-order valence-corrected chi connectivity index (χ0v) is 16.4. The van der Waals surface area contributed by atoms with Gasteiger partial charge in [0.2, 0.25) is 0 Å². The molecule has 2 aliphatic heterocycles. The SMILES string of the molecule is Cn1cc([C@H]2[C@H](CN3CCCCC3)OCCN2C(=O)c2csc(N)n2)cn1. The number of ether oxygens (including phenoxy) is 1. The van der Waals surface area contributed by atoms with Crippen LogP contribution >= 0.6 is 11.3 Å². The fourth-order valence-electron chi connectivity index (χ4n) is 4.03. The zero-order valence-electron chi connectivity index (χ0n) is 15.6. The van der Waals surface area contributed by atoms with E-state index in [0.29, 0.717) is 24.0 Å². The number of carbonyl (C=O) groups excluding carboxylic acids is 1. The Morgan fingerprint density at radius 1 is 1.33 bits per heavy atom. The molecule has 4 heterocycles. The molecule has 0 spiro atoms. The smallest absolute Gasteiger partial charge is 0.274 e. The van der Waals surface area contributed by atoms with Crippen molar-refractivity contribution in [3.8, 4) is 0 Å². The van der Waals surface area contributed by atoms with Crippen LogP contribution < -0.4 is 5.73 Å². The van der Waals surface area contributed by atoms with Gasteiger partial charge in [0.1, 0.15) is 5.69 Å². The molecule has 8 nitrogen and oxygen atoms in total. The molecular formula is C18H26N6O2S. The minimum absolute atomic E-state index is 0.0824. The molecule has 0 aromatic carbocycles. The summed E-state index contributed by atoms with van der Waals surface area (Å²) in [5.74, 6) is -0.0938. The second-order valence-corrected chi connectivity index (χ2v) is 8.12. The lowest BCUT2D eigenvalue weighted by Gasteiger charge is -2.43. The average Bonchev–Trinajstić information content (AvgIpc) is 3.30. The summed E-state index contributed by atoms with van der Waals surface area (Å²) >= 11 is 1.29. The Hall–Kier alpha value is -1.97. The summed E-state index contributed by atoms with van der Waals surface area (Å²) in [4.78, 5) is 21.7. The van der Waals surface area contributed by atoms with E-state index in [9.17, 15) is 4.79 Å². The van der Waals surface area contributed by atoms with Crippen molar-refractivity contribution in [3.63, 3.8) is 0 Å². The third-order valence-electron chi connectivity index (χ3n) is 5.31. The summed E-state index contributed by atoms with van der Waals surface area (Å²) in [6, 6.07) is -0.176. The number of likely N-dealkylation sites (tertiary alicyclic amines) is 1. The van der Waals surface area contributed by atoms with Crippen molar-refractivity contribution >= 4 is 22.4 Å². The molecule has 0 aliphatic carbocycles. The van der Waals surface area contributed by atoms with Gasteiger partial charge < -0.3 is 20.3 Å². The predicted octanol–water partition coefficient (Wildman–Crippen LogP) is 1.53. The van der Waals surface area contributed by atoms with Gasteiger partial charge in [0, 0.05) is 37.3 Å². The number of aryl methyl sites for hydroxylation is 1.